The first kappa shape index (κ1) is 11.6. The number of nitrogens with zero attached hydrogens (tertiary/aromatic N) is 1. The van der Waals surface area contributed by atoms with Gasteiger partial charge in [0, 0.05) is 6.04 Å². The van der Waals surface area contributed by atoms with Crippen LogP contribution < -0.4 is 5.32 Å². The van der Waals surface area contributed by atoms with E-state index in [1.54, 1.807) is 0 Å². The van der Waals surface area contributed by atoms with E-state index in [0.717, 1.165) is 29.8 Å². The molecule has 1 aliphatic rings. The normalized spacial score (nSPS) is 19.2. The van der Waals surface area contributed by atoms with Crippen LogP contribution in [-0.4, -0.2) is 11.0 Å². The van der Waals surface area contributed by atoms with Gasteiger partial charge in [0.25, 0.3) is 0 Å². The van der Waals surface area contributed by atoms with Gasteiger partial charge in [-0.25, -0.2) is 4.98 Å². The van der Waals surface area contributed by atoms with E-state index >= 15 is 0 Å². The monoisotopic (exact) mass is 222 g/mol. The predicted molar refractivity (Wildman–Crippen MR) is 64.2 cm³/mol. The zero-order valence-electron chi connectivity index (χ0n) is 10.5. The van der Waals surface area contributed by atoms with Gasteiger partial charge >= 0.3 is 0 Å². The molecule has 0 spiro atoms. The Kier molecular flexibility index (Phi) is 3.64. The molecule has 16 heavy (non-hydrogen) atoms. The largest absolute Gasteiger partial charge is 0.444 e. The standard InChI is InChI=1S/C13H22N2O/c1-9-11(3)16-13(15-9)8-14-10(2)12-6-4-5-7-12/h10,12,14H,4-8H2,1-3H3. The lowest BCUT2D eigenvalue weighted by atomic mass is 10.00. The second kappa shape index (κ2) is 5.00. The first-order valence-corrected chi connectivity index (χ1v) is 6.33. The first-order valence-electron chi connectivity index (χ1n) is 6.33. The molecule has 1 unspecified atom stereocenters. The van der Waals surface area contributed by atoms with E-state index in [-0.39, 0.29) is 0 Å². The van der Waals surface area contributed by atoms with Crippen molar-refractivity contribution in [1.29, 1.82) is 0 Å². The van der Waals surface area contributed by atoms with Crippen LogP contribution in [0.25, 0.3) is 0 Å². The van der Waals surface area contributed by atoms with Crippen molar-refractivity contribution in [3.05, 3.63) is 17.3 Å². The van der Waals surface area contributed by atoms with E-state index in [2.05, 4.69) is 17.2 Å². The van der Waals surface area contributed by atoms with Crippen molar-refractivity contribution >= 4 is 0 Å². The van der Waals surface area contributed by atoms with Gasteiger partial charge in [0.1, 0.15) is 5.76 Å². The molecule has 1 saturated carbocycles. The van der Waals surface area contributed by atoms with Crippen molar-refractivity contribution in [2.24, 2.45) is 5.92 Å². The molecular weight excluding hydrogens is 200 g/mol. The summed E-state index contributed by atoms with van der Waals surface area (Å²) in [5.41, 5.74) is 1.00. The Morgan fingerprint density at radius 1 is 1.38 bits per heavy atom. The van der Waals surface area contributed by atoms with E-state index in [9.17, 15) is 0 Å². The predicted octanol–water partition coefficient (Wildman–Crippen LogP) is 2.96. The summed E-state index contributed by atoms with van der Waals surface area (Å²) in [6.45, 7) is 6.99. The molecule has 1 fully saturated rings. The highest BCUT2D eigenvalue weighted by Crippen LogP contribution is 2.27. The maximum Gasteiger partial charge on any atom is 0.208 e. The minimum Gasteiger partial charge on any atom is -0.444 e. The third kappa shape index (κ3) is 2.64. The van der Waals surface area contributed by atoms with Gasteiger partial charge in [0.2, 0.25) is 5.89 Å². The summed E-state index contributed by atoms with van der Waals surface area (Å²) in [4.78, 5) is 4.38. The number of hydrogen-bond donors (Lipinski definition) is 1. The van der Waals surface area contributed by atoms with Crippen LogP contribution in [0.4, 0.5) is 0 Å². The molecule has 0 amide bonds. The smallest absolute Gasteiger partial charge is 0.208 e. The van der Waals surface area contributed by atoms with Gasteiger partial charge < -0.3 is 9.73 Å². The lowest BCUT2D eigenvalue weighted by molar-refractivity contribution is 0.355. The highest BCUT2D eigenvalue weighted by atomic mass is 16.4. The number of rotatable bonds is 4. The fraction of sp³-hybridized carbons (Fsp3) is 0.769. The second-order valence-corrected chi connectivity index (χ2v) is 4.96. The number of hydrogen-bond acceptors (Lipinski definition) is 3. The molecule has 3 heteroatoms. The molecule has 1 aromatic rings. The first-order chi connectivity index (χ1) is 7.66. The molecular formula is C13H22N2O. The molecule has 0 aromatic carbocycles. The Balaban J connectivity index is 1.82. The molecule has 3 nitrogen and oxygen atoms in total. The molecule has 0 bridgehead atoms. The number of aryl methyl sites for hydroxylation is 2. The Labute approximate surface area is 97.6 Å². The average Bonchev–Trinajstić information content (AvgIpc) is 2.86. The van der Waals surface area contributed by atoms with Gasteiger partial charge in [-0.3, -0.25) is 0 Å². The molecule has 1 heterocycles. The van der Waals surface area contributed by atoms with Gasteiger partial charge in [-0.05, 0) is 39.5 Å². The summed E-state index contributed by atoms with van der Waals surface area (Å²) in [6.07, 6.45) is 5.54. The molecule has 0 aliphatic heterocycles. The average molecular weight is 222 g/mol. The minimum absolute atomic E-state index is 0.579. The fourth-order valence-electron chi connectivity index (χ4n) is 2.49. The quantitative estimate of drug-likeness (QED) is 0.851. The summed E-state index contributed by atoms with van der Waals surface area (Å²) in [5.74, 6) is 2.60. The lowest BCUT2D eigenvalue weighted by Gasteiger charge is -2.19. The Bertz CT molecular complexity index is 320. The van der Waals surface area contributed by atoms with E-state index in [1.165, 1.54) is 25.7 Å². The Morgan fingerprint density at radius 3 is 2.62 bits per heavy atom. The van der Waals surface area contributed by atoms with Crippen molar-refractivity contribution in [3.63, 3.8) is 0 Å². The highest BCUT2D eigenvalue weighted by Gasteiger charge is 2.21. The third-order valence-electron chi connectivity index (χ3n) is 3.76. The zero-order chi connectivity index (χ0) is 11.5. The molecule has 2 rings (SSSR count). The van der Waals surface area contributed by atoms with Crippen LogP contribution in [0.3, 0.4) is 0 Å². The second-order valence-electron chi connectivity index (χ2n) is 4.96. The zero-order valence-corrected chi connectivity index (χ0v) is 10.5. The lowest BCUT2D eigenvalue weighted by Crippen LogP contribution is -2.31. The van der Waals surface area contributed by atoms with Crippen molar-refractivity contribution in [2.75, 3.05) is 0 Å². The topological polar surface area (TPSA) is 38.1 Å². The van der Waals surface area contributed by atoms with Crippen LogP contribution in [0.2, 0.25) is 0 Å². The molecule has 1 aromatic heterocycles. The Hall–Kier alpha value is -0.830. The molecule has 0 saturated heterocycles. The summed E-state index contributed by atoms with van der Waals surface area (Å²) in [6, 6.07) is 0.579. The Morgan fingerprint density at radius 2 is 2.06 bits per heavy atom. The van der Waals surface area contributed by atoms with Crippen molar-refractivity contribution in [1.82, 2.24) is 10.3 Å². The van der Waals surface area contributed by atoms with Gasteiger partial charge in [0.15, 0.2) is 0 Å². The fourth-order valence-corrected chi connectivity index (χ4v) is 2.49. The number of oxazole rings is 1. The van der Waals surface area contributed by atoms with Crippen molar-refractivity contribution < 1.29 is 4.42 Å². The van der Waals surface area contributed by atoms with E-state index in [4.69, 9.17) is 4.42 Å². The van der Waals surface area contributed by atoms with Crippen LogP contribution in [-0.2, 0) is 6.54 Å². The van der Waals surface area contributed by atoms with Gasteiger partial charge in [-0.2, -0.15) is 0 Å². The maximum absolute atomic E-state index is 5.55. The number of nitrogens with one attached hydrogen (secondary N) is 1. The highest BCUT2D eigenvalue weighted by molar-refractivity contribution is 5.05. The molecule has 1 atom stereocenters. The van der Waals surface area contributed by atoms with Crippen molar-refractivity contribution in [3.8, 4) is 0 Å². The van der Waals surface area contributed by atoms with Gasteiger partial charge in [0.05, 0.1) is 12.2 Å². The third-order valence-corrected chi connectivity index (χ3v) is 3.76. The molecule has 0 radical (unpaired) electrons. The minimum atomic E-state index is 0.579. The molecule has 1 aliphatic carbocycles. The summed E-state index contributed by atoms with van der Waals surface area (Å²) in [7, 11) is 0. The molecule has 90 valence electrons. The van der Waals surface area contributed by atoms with Crippen molar-refractivity contribution in [2.45, 2.75) is 59.0 Å². The van der Waals surface area contributed by atoms with Gasteiger partial charge in [-0.1, -0.05) is 12.8 Å². The van der Waals surface area contributed by atoms with E-state index < -0.39 is 0 Å². The SMILES string of the molecule is Cc1nc(CNC(C)C2CCCC2)oc1C. The van der Waals surface area contributed by atoms with Crippen LogP contribution in [0.1, 0.15) is 50.0 Å². The summed E-state index contributed by atoms with van der Waals surface area (Å²) < 4.78 is 5.55. The van der Waals surface area contributed by atoms with Crippen LogP contribution in [0, 0.1) is 19.8 Å². The van der Waals surface area contributed by atoms with Crippen LogP contribution in [0.15, 0.2) is 4.42 Å². The molecule has 1 N–H and O–H groups in total. The maximum atomic E-state index is 5.55. The van der Waals surface area contributed by atoms with Crippen LogP contribution >= 0.6 is 0 Å². The van der Waals surface area contributed by atoms with E-state index in [0.29, 0.717) is 6.04 Å². The van der Waals surface area contributed by atoms with Gasteiger partial charge in [-0.15, -0.1) is 0 Å². The van der Waals surface area contributed by atoms with Crippen LogP contribution in [0.5, 0.6) is 0 Å². The number of aromatic nitrogens is 1. The summed E-state index contributed by atoms with van der Waals surface area (Å²) in [5, 5.41) is 3.53. The van der Waals surface area contributed by atoms with E-state index in [1.807, 2.05) is 13.8 Å². The summed E-state index contributed by atoms with van der Waals surface area (Å²) >= 11 is 0.